The predicted octanol–water partition coefficient (Wildman–Crippen LogP) is 5.15. The highest BCUT2D eigenvalue weighted by Crippen LogP contribution is 2.41. The van der Waals surface area contributed by atoms with Crippen molar-refractivity contribution in [2.45, 2.75) is 52.5 Å². The van der Waals surface area contributed by atoms with Crippen molar-refractivity contribution in [3.05, 3.63) is 70.3 Å². The molecule has 0 aromatic heterocycles. The quantitative estimate of drug-likeness (QED) is 0.332. The van der Waals surface area contributed by atoms with E-state index in [0.29, 0.717) is 23.5 Å². The summed E-state index contributed by atoms with van der Waals surface area (Å²) in [4.78, 5) is 27.8. The molecule has 1 N–H and O–H groups in total. The number of likely N-dealkylation sites (tertiary alicyclic amines) is 1. The monoisotopic (exact) mass is 465 g/mol. The summed E-state index contributed by atoms with van der Waals surface area (Å²) in [7, 11) is 1.55. The first-order valence-corrected chi connectivity index (χ1v) is 11.7. The molecule has 1 heterocycles. The molecule has 0 bridgehead atoms. The van der Waals surface area contributed by atoms with Crippen LogP contribution in [-0.4, -0.2) is 48.6 Å². The molecular formula is C28H35NO5. The van der Waals surface area contributed by atoms with Crippen molar-refractivity contribution in [1.29, 1.82) is 0 Å². The summed E-state index contributed by atoms with van der Waals surface area (Å²) in [6.45, 7) is 11.2. The van der Waals surface area contributed by atoms with Crippen LogP contribution in [0.5, 0.6) is 5.75 Å². The highest BCUT2D eigenvalue weighted by molar-refractivity contribution is 6.46. The maximum Gasteiger partial charge on any atom is 0.295 e. The molecule has 0 radical (unpaired) electrons. The van der Waals surface area contributed by atoms with Crippen molar-refractivity contribution in [2.75, 3.05) is 26.9 Å². The standard InChI is InChI=1S/C28H35NO5/c1-7-14-34-21-10-8-9-19(16-21)24-23(26(31)27(32)29(24)13-15-33-6)25(30)22-17-20(28(3,4)5)12-11-18(22)2/h8-12,16-17,24,30H,7,13-15H2,1-6H3/b25-23+. The summed E-state index contributed by atoms with van der Waals surface area (Å²) in [6.07, 6.45) is 0.861. The van der Waals surface area contributed by atoms with E-state index in [1.165, 1.54) is 4.90 Å². The maximum atomic E-state index is 13.2. The molecule has 1 fully saturated rings. The van der Waals surface area contributed by atoms with Gasteiger partial charge < -0.3 is 19.5 Å². The first-order chi connectivity index (χ1) is 16.1. The number of aliphatic hydroxyl groups is 1. The Balaban J connectivity index is 2.20. The van der Waals surface area contributed by atoms with Crippen LogP contribution in [0, 0.1) is 6.92 Å². The number of benzene rings is 2. The molecule has 0 aliphatic carbocycles. The molecule has 1 amide bonds. The van der Waals surface area contributed by atoms with Gasteiger partial charge in [-0.2, -0.15) is 0 Å². The van der Waals surface area contributed by atoms with E-state index >= 15 is 0 Å². The second-order valence-corrected chi connectivity index (χ2v) is 9.69. The lowest BCUT2D eigenvalue weighted by Gasteiger charge is -2.26. The van der Waals surface area contributed by atoms with Crippen molar-refractivity contribution < 1.29 is 24.2 Å². The van der Waals surface area contributed by atoms with Gasteiger partial charge in [-0.3, -0.25) is 9.59 Å². The fourth-order valence-electron chi connectivity index (χ4n) is 4.13. The van der Waals surface area contributed by atoms with E-state index in [-0.39, 0.29) is 29.9 Å². The van der Waals surface area contributed by atoms with Gasteiger partial charge in [-0.25, -0.2) is 0 Å². The van der Waals surface area contributed by atoms with Crippen LogP contribution < -0.4 is 4.74 Å². The molecule has 1 aliphatic rings. The van der Waals surface area contributed by atoms with Crippen LogP contribution in [0.1, 0.15) is 62.4 Å². The molecular weight excluding hydrogens is 430 g/mol. The van der Waals surface area contributed by atoms with Crippen LogP contribution in [0.25, 0.3) is 5.76 Å². The summed E-state index contributed by atoms with van der Waals surface area (Å²) in [5.41, 5.74) is 3.06. The Morgan fingerprint density at radius 1 is 1.09 bits per heavy atom. The second-order valence-electron chi connectivity index (χ2n) is 9.69. The van der Waals surface area contributed by atoms with Gasteiger partial charge in [0.1, 0.15) is 11.5 Å². The number of aliphatic hydroxyl groups excluding tert-OH is 1. The Labute approximate surface area is 202 Å². The lowest BCUT2D eigenvalue weighted by molar-refractivity contribution is -0.140. The molecule has 2 aromatic carbocycles. The number of ether oxygens (including phenoxy) is 2. The molecule has 0 saturated carbocycles. The molecule has 34 heavy (non-hydrogen) atoms. The van der Waals surface area contributed by atoms with Gasteiger partial charge in [0, 0.05) is 19.2 Å². The van der Waals surface area contributed by atoms with Gasteiger partial charge in [-0.05, 0) is 53.6 Å². The Morgan fingerprint density at radius 2 is 1.82 bits per heavy atom. The van der Waals surface area contributed by atoms with Crippen LogP contribution in [-0.2, 0) is 19.7 Å². The Morgan fingerprint density at radius 3 is 2.47 bits per heavy atom. The zero-order valence-electron chi connectivity index (χ0n) is 21.0. The molecule has 6 heteroatoms. The van der Waals surface area contributed by atoms with Crippen LogP contribution >= 0.6 is 0 Å². The second kappa shape index (κ2) is 10.4. The fourth-order valence-corrected chi connectivity index (χ4v) is 4.13. The van der Waals surface area contributed by atoms with Crippen LogP contribution in [0.4, 0.5) is 0 Å². The van der Waals surface area contributed by atoms with Crippen LogP contribution in [0.2, 0.25) is 0 Å². The van der Waals surface area contributed by atoms with Gasteiger partial charge in [0.05, 0.1) is 24.8 Å². The zero-order chi connectivity index (χ0) is 25.0. The number of rotatable bonds is 8. The summed E-state index contributed by atoms with van der Waals surface area (Å²) in [5.74, 6) is -0.846. The average Bonchev–Trinajstić information content (AvgIpc) is 3.05. The average molecular weight is 466 g/mol. The topological polar surface area (TPSA) is 76.1 Å². The van der Waals surface area contributed by atoms with Crippen LogP contribution in [0.15, 0.2) is 48.0 Å². The number of nitrogens with zero attached hydrogens (tertiary/aromatic N) is 1. The Hall–Kier alpha value is -3.12. The molecule has 6 nitrogen and oxygen atoms in total. The van der Waals surface area contributed by atoms with Gasteiger partial charge in [0.15, 0.2) is 0 Å². The number of methoxy groups -OCH3 is 1. The number of amides is 1. The zero-order valence-corrected chi connectivity index (χ0v) is 21.0. The first kappa shape index (κ1) is 25.5. The van der Waals surface area contributed by atoms with E-state index in [1.54, 1.807) is 7.11 Å². The maximum absolute atomic E-state index is 13.2. The first-order valence-electron chi connectivity index (χ1n) is 11.7. The van der Waals surface area contributed by atoms with Gasteiger partial charge in [-0.1, -0.05) is 52.0 Å². The van der Waals surface area contributed by atoms with E-state index in [0.717, 1.165) is 17.5 Å². The van der Waals surface area contributed by atoms with Crippen molar-refractivity contribution in [1.82, 2.24) is 4.90 Å². The van der Waals surface area contributed by atoms with Gasteiger partial charge in [0.2, 0.25) is 0 Å². The normalized spacial score (nSPS) is 17.9. The molecule has 1 saturated heterocycles. The molecule has 1 atom stereocenters. The lowest BCUT2D eigenvalue weighted by Crippen LogP contribution is -2.32. The number of carbonyl (C=O) groups excluding carboxylic acids is 2. The number of aryl methyl sites for hydroxylation is 1. The summed E-state index contributed by atoms with van der Waals surface area (Å²) >= 11 is 0. The summed E-state index contributed by atoms with van der Waals surface area (Å²) < 4.78 is 11.0. The number of carbonyl (C=O) groups is 2. The Kier molecular flexibility index (Phi) is 7.82. The molecule has 3 rings (SSSR count). The third kappa shape index (κ3) is 5.17. The van der Waals surface area contributed by atoms with Crippen molar-refractivity contribution >= 4 is 17.4 Å². The summed E-state index contributed by atoms with van der Waals surface area (Å²) in [6, 6.07) is 12.5. The van der Waals surface area contributed by atoms with E-state index in [1.807, 2.05) is 56.3 Å². The largest absolute Gasteiger partial charge is 0.507 e. The molecule has 0 spiro atoms. The van der Waals surface area contributed by atoms with Gasteiger partial charge in [-0.15, -0.1) is 0 Å². The van der Waals surface area contributed by atoms with E-state index < -0.39 is 17.7 Å². The number of hydrogen-bond acceptors (Lipinski definition) is 5. The van der Waals surface area contributed by atoms with E-state index in [2.05, 4.69) is 20.8 Å². The number of ketones is 1. The smallest absolute Gasteiger partial charge is 0.295 e. The van der Waals surface area contributed by atoms with Gasteiger partial charge in [0.25, 0.3) is 11.7 Å². The van der Waals surface area contributed by atoms with Gasteiger partial charge >= 0.3 is 0 Å². The third-order valence-corrected chi connectivity index (χ3v) is 6.08. The minimum atomic E-state index is -0.738. The van der Waals surface area contributed by atoms with Crippen molar-refractivity contribution in [3.8, 4) is 5.75 Å². The lowest BCUT2D eigenvalue weighted by atomic mass is 9.84. The summed E-state index contributed by atoms with van der Waals surface area (Å²) in [5, 5.41) is 11.5. The highest BCUT2D eigenvalue weighted by Gasteiger charge is 2.46. The molecule has 1 unspecified atom stereocenters. The Bertz CT molecular complexity index is 1100. The molecule has 1 aliphatic heterocycles. The van der Waals surface area contributed by atoms with Crippen molar-refractivity contribution in [2.24, 2.45) is 0 Å². The SMILES string of the molecule is CCCOc1cccc(C2/C(=C(\O)c3cc(C(C)(C)C)ccc3C)C(=O)C(=O)N2CCOC)c1. The highest BCUT2D eigenvalue weighted by atomic mass is 16.5. The minimum Gasteiger partial charge on any atom is -0.507 e. The predicted molar refractivity (Wildman–Crippen MR) is 133 cm³/mol. The molecule has 2 aromatic rings. The van der Waals surface area contributed by atoms with Crippen LogP contribution in [0.3, 0.4) is 0 Å². The fraction of sp³-hybridized carbons (Fsp3) is 0.429. The van der Waals surface area contributed by atoms with Crippen molar-refractivity contribution in [3.63, 3.8) is 0 Å². The van der Waals surface area contributed by atoms with E-state index in [4.69, 9.17) is 9.47 Å². The third-order valence-electron chi connectivity index (χ3n) is 6.08. The number of Topliss-reactive ketones (excluding diaryl/α,β-unsaturated/α-hetero) is 1. The molecule has 182 valence electrons. The minimum absolute atomic E-state index is 0.0860. The number of hydrogen-bond donors (Lipinski definition) is 1. The van der Waals surface area contributed by atoms with E-state index in [9.17, 15) is 14.7 Å².